The van der Waals surface area contributed by atoms with Gasteiger partial charge in [0.1, 0.15) is 5.75 Å². The quantitative estimate of drug-likeness (QED) is 0.463. The van der Waals surface area contributed by atoms with Gasteiger partial charge >= 0.3 is 0 Å². The second-order valence-corrected chi connectivity index (χ2v) is 10.6. The van der Waals surface area contributed by atoms with Crippen LogP contribution in [0, 0.1) is 12.8 Å². The van der Waals surface area contributed by atoms with Crippen LogP contribution in [0.4, 0.5) is 0 Å². The number of nitrogens with one attached hydrogen (secondary N) is 1. The van der Waals surface area contributed by atoms with Crippen molar-refractivity contribution < 1.29 is 14.3 Å². The van der Waals surface area contributed by atoms with E-state index in [0.717, 1.165) is 50.1 Å². The summed E-state index contributed by atoms with van der Waals surface area (Å²) in [6.07, 6.45) is 5.26. The van der Waals surface area contributed by atoms with Crippen LogP contribution < -0.4 is 10.1 Å². The molecule has 188 valence electrons. The number of piperidine rings is 1. The first kappa shape index (κ1) is 24.4. The summed E-state index contributed by atoms with van der Waals surface area (Å²) in [5.74, 6) is 1.55. The smallest absolute Gasteiger partial charge is 0.222 e. The maximum atomic E-state index is 13.3. The highest BCUT2D eigenvalue weighted by Gasteiger charge is 2.38. The third-order valence-electron chi connectivity index (χ3n) is 7.90. The van der Waals surface area contributed by atoms with Gasteiger partial charge in [0.05, 0.1) is 6.61 Å². The third-order valence-corrected chi connectivity index (χ3v) is 7.90. The predicted molar refractivity (Wildman–Crippen MR) is 143 cm³/mol. The van der Waals surface area contributed by atoms with Gasteiger partial charge < -0.3 is 15.0 Å². The highest BCUT2D eigenvalue weighted by molar-refractivity contribution is 5.86. The van der Waals surface area contributed by atoms with Crippen molar-refractivity contribution in [2.75, 3.05) is 19.7 Å². The third kappa shape index (κ3) is 5.56. The summed E-state index contributed by atoms with van der Waals surface area (Å²) in [5, 5.41) is 5.69. The summed E-state index contributed by atoms with van der Waals surface area (Å²) >= 11 is 0. The average molecular weight is 485 g/mol. The Kier molecular flexibility index (Phi) is 7.26. The molecular weight excluding hydrogens is 448 g/mol. The Hall–Kier alpha value is -3.34. The Bertz CT molecular complexity index is 1230. The van der Waals surface area contributed by atoms with E-state index in [0.29, 0.717) is 31.8 Å². The Morgan fingerprint density at radius 1 is 1.08 bits per heavy atom. The Morgan fingerprint density at radius 2 is 1.89 bits per heavy atom. The second kappa shape index (κ2) is 10.7. The van der Waals surface area contributed by atoms with Gasteiger partial charge in [-0.3, -0.25) is 9.59 Å². The van der Waals surface area contributed by atoms with E-state index >= 15 is 0 Å². The fraction of sp³-hybridized carbons (Fsp3) is 0.419. The van der Waals surface area contributed by atoms with Crippen LogP contribution in [0.15, 0.2) is 66.7 Å². The van der Waals surface area contributed by atoms with Crippen molar-refractivity contribution in [1.82, 2.24) is 10.2 Å². The molecule has 5 nitrogen and oxygen atoms in total. The van der Waals surface area contributed by atoms with Crippen molar-refractivity contribution in [2.45, 2.75) is 57.4 Å². The number of amides is 2. The molecule has 0 radical (unpaired) electrons. The van der Waals surface area contributed by atoms with Gasteiger partial charge in [-0.15, -0.1) is 0 Å². The van der Waals surface area contributed by atoms with Gasteiger partial charge in [-0.05, 0) is 67.0 Å². The summed E-state index contributed by atoms with van der Waals surface area (Å²) in [5.41, 5.74) is 2.01. The highest BCUT2D eigenvalue weighted by Crippen LogP contribution is 2.33. The van der Waals surface area contributed by atoms with E-state index in [1.54, 1.807) is 0 Å². The van der Waals surface area contributed by atoms with E-state index < -0.39 is 0 Å². The molecule has 2 amide bonds. The van der Waals surface area contributed by atoms with Crippen molar-refractivity contribution in [3.05, 3.63) is 77.9 Å². The van der Waals surface area contributed by atoms with E-state index in [1.165, 1.54) is 16.3 Å². The van der Waals surface area contributed by atoms with Crippen molar-refractivity contribution in [3.8, 4) is 5.75 Å². The molecule has 2 fully saturated rings. The summed E-state index contributed by atoms with van der Waals surface area (Å²) < 4.78 is 6.09. The van der Waals surface area contributed by atoms with Gasteiger partial charge in [0.15, 0.2) is 0 Å². The van der Waals surface area contributed by atoms with Gasteiger partial charge in [0, 0.05) is 37.4 Å². The topological polar surface area (TPSA) is 58.6 Å². The van der Waals surface area contributed by atoms with Crippen LogP contribution in [0.25, 0.3) is 10.8 Å². The van der Waals surface area contributed by atoms with Crippen LogP contribution in [-0.2, 0) is 16.0 Å². The number of carbonyl (C=O) groups is 2. The molecule has 3 aromatic carbocycles. The van der Waals surface area contributed by atoms with E-state index in [-0.39, 0.29) is 17.4 Å². The first-order valence-corrected chi connectivity index (χ1v) is 13.3. The molecule has 3 aromatic rings. The molecule has 0 spiro atoms. The largest absolute Gasteiger partial charge is 0.493 e. The predicted octanol–water partition coefficient (Wildman–Crippen LogP) is 5.44. The lowest BCUT2D eigenvalue weighted by molar-refractivity contribution is -0.134. The number of hydrogen-bond donors (Lipinski definition) is 1. The minimum absolute atomic E-state index is 0.0917. The van der Waals surface area contributed by atoms with Crippen molar-refractivity contribution in [3.63, 3.8) is 0 Å². The normalized spacial score (nSPS) is 22.0. The van der Waals surface area contributed by atoms with Crippen molar-refractivity contribution in [1.29, 1.82) is 0 Å². The summed E-state index contributed by atoms with van der Waals surface area (Å²) in [6.45, 7) is 4.24. The summed E-state index contributed by atoms with van der Waals surface area (Å²) in [4.78, 5) is 27.6. The van der Waals surface area contributed by atoms with Gasteiger partial charge in [0.25, 0.3) is 0 Å². The summed E-state index contributed by atoms with van der Waals surface area (Å²) in [7, 11) is 0. The number of aryl methyl sites for hydroxylation is 1. The number of ether oxygens (including phenoxy) is 1. The van der Waals surface area contributed by atoms with Crippen molar-refractivity contribution >= 4 is 22.6 Å². The zero-order valence-corrected chi connectivity index (χ0v) is 21.2. The first-order valence-electron chi connectivity index (χ1n) is 13.3. The number of para-hydroxylation sites is 1. The number of fused-ring (bicyclic) bond motifs is 1. The fourth-order valence-corrected chi connectivity index (χ4v) is 5.85. The van der Waals surface area contributed by atoms with Gasteiger partial charge in [-0.1, -0.05) is 60.7 Å². The molecular formula is C31H36N2O3. The monoisotopic (exact) mass is 484 g/mol. The number of rotatable bonds is 8. The van der Waals surface area contributed by atoms with Gasteiger partial charge in [-0.25, -0.2) is 0 Å². The maximum absolute atomic E-state index is 13.3. The van der Waals surface area contributed by atoms with E-state index in [4.69, 9.17) is 4.74 Å². The number of nitrogens with zero attached hydrogens (tertiary/aromatic N) is 1. The minimum Gasteiger partial charge on any atom is -0.493 e. The van der Waals surface area contributed by atoms with Crippen LogP contribution in [0.2, 0.25) is 0 Å². The zero-order valence-electron chi connectivity index (χ0n) is 21.2. The minimum atomic E-state index is -0.361. The first-order chi connectivity index (χ1) is 17.5. The molecule has 2 heterocycles. The zero-order chi connectivity index (χ0) is 25.0. The van der Waals surface area contributed by atoms with Crippen LogP contribution in [0.3, 0.4) is 0 Å². The molecule has 2 atom stereocenters. The number of carbonyl (C=O) groups excluding carboxylic acids is 2. The van der Waals surface area contributed by atoms with Crippen LogP contribution in [-0.4, -0.2) is 41.9 Å². The average Bonchev–Trinajstić information content (AvgIpc) is 3.27. The lowest BCUT2D eigenvalue weighted by atomic mass is 9.83. The molecule has 5 heteroatoms. The molecule has 2 aliphatic rings. The molecule has 1 N–H and O–H groups in total. The van der Waals surface area contributed by atoms with E-state index in [1.807, 2.05) is 23.1 Å². The molecule has 2 saturated heterocycles. The fourth-order valence-electron chi connectivity index (χ4n) is 5.85. The van der Waals surface area contributed by atoms with Gasteiger partial charge in [0.2, 0.25) is 11.8 Å². The van der Waals surface area contributed by atoms with Crippen LogP contribution in [0.1, 0.15) is 49.7 Å². The number of likely N-dealkylation sites (tertiary alicyclic amines) is 1. The van der Waals surface area contributed by atoms with Gasteiger partial charge in [-0.2, -0.15) is 0 Å². The lowest BCUT2D eigenvalue weighted by Gasteiger charge is -2.35. The maximum Gasteiger partial charge on any atom is 0.222 e. The molecule has 2 aliphatic heterocycles. The molecule has 0 bridgehead atoms. The molecule has 5 rings (SSSR count). The number of hydrogen-bond acceptors (Lipinski definition) is 3. The molecule has 0 aromatic heterocycles. The number of benzene rings is 3. The van der Waals surface area contributed by atoms with Crippen LogP contribution >= 0.6 is 0 Å². The molecule has 36 heavy (non-hydrogen) atoms. The standard InChI is InChI=1S/C31H36N2O3/c1-23-8-2-5-14-28(23)36-22-24-9-7-19-33(21-24)30(35)16-18-31(17-15-29(34)32-31)20-26-12-6-11-25-10-3-4-13-27(25)26/h2-6,8,10-14,24H,7,9,15-22H2,1H3,(H,32,34)/t24-,31-/m0/s1. The van der Waals surface area contributed by atoms with Crippen LogP contribution in [0.5, 0.6) is 5.75 Å². The Labute approximate surface area is 213 Å². The lowest BCUT2D eigenvalue weighted by Crippen LogP contribution is -2.46. The Balaban J connectivity index is 1.21. The highest BCUT2D eigenvalue weighted by atomic mass is 16.5. The SMILES string of the molecule is Cc1ccccc1OC[C@H]1CCCN(C(=O)CC[C@]2(Cc3cccc4ccccc34)CCC(=O)N2)C1. The second-order valence-electron chi connectivity index (χ2n) is 10.6. The van der Waals surface area contributed by atoms with E-state index in [2.05, 4.69) is 60.8 Å². The molecule has 0 aliphatic carbocycles. The molecule has 0 saturated carbocycles. The Morgan fingerprint density at radius 3 is 2.72 bits per heavy atom. The van der Waals surface area contributed by atoms with Crippen molar-refractivity contribution in [2.24, 2.45) is 5.92 Å². The summed E-state index contributed by atoms with van der Waals surface area (Å²) in [6, 6.07) is 22.8. The van der Waals surface area contributed by atoms with E-state index in [9.17, 15) is 9.59 Å². The molecule has 0 unspecified atom stereocenters.